The monoisotopic (exact) mass is 264 g/mol. The Labute approximate surface area is 113 Å². The molecule has 104 valence electrons. The van der Waals surface area contributed by atoms with Crippen LogP contribution in [0.3, 0.4) is 0 Å². The Bertz CT molecular complexity index is 462. The quantitative estimate of drug-likeness (QED) is 0.895. The molecule has 1 N–H and O–H groups in total. The Kier molecular flexibility index (Phi) is 4.27. The van der Waals surface area contributed by atoms with E-state index in [-0.39, 0.29) is 11.9 Å². The van der Waals surface area contributed by atoms with Crippen molar-refractivity contribution < 1.29 is 14.4 Å². The molecular formula is C14H20N2O3. The van der Waals surface area contributed by atoms with Gasteiger partial charge in [0.2, 0.25) is 5.91 Å². The van der Waals surface area contributed by atoms with Gasteiger partial charge in [0.05, 0.1) is 32.0 Å². The summed E-state index contributed by atoms with van der Waals surface area (Å²) in [6.07, 6.45) is 0.808. The highest BCUT2D eigenvalue weighted by molar-refractivity contribution is 5.73. The second kappa shape index (κ2) is 5.93. The molecule has 5 heteroatoms. The number of rotatable bonds is 4. The summed E-state index contributed by atoms with van der Waals surface area (Å²) in [7, 11) is 1.65. The van der Waals surface area contributed by atoms with Crippen molar-refractivity contribution in [1.29, 1.82) is 0 Å². The van der Waals surface area contributed by atoms with Crippen LogP contribution in [0.15, 0.2) is 18.2 Å². The largest absolute Gasteiger partial charge is 0.497 e. The van der Waals surface area contributed by atoms with Crippen molar-refractivity contribution in [3.63, 3.8) is 0 Å². The topological polar surface area (TPSA) is 50.8 Å². The minimum absolute atomic E-state index is 0.0154. The normalized spacial score (nSPS) is 17.8. The first-order chi connectivity index (χ1) is 9.13. The highest BCUT2D eigenvalue weighted by Crippen LogP contribution is 2.31. The van der Waals surface area contributed by atoms with Crippen molar-refractivity contribution in [2.75, 3.05) is 25.3 Å². The van der Waals surface area contributed by atoms with Crippen molar-refractivity contribution in [3.8, 4) is 5.75 Å². The van der Waals surface area contributed by atoms with Crippen molar-refractivity contribution in [3.05, 3.63) is 23.8 Å². The molecule has 0 aromatic heterocycles. The van der Waals surface area contributed by atoms with E-state index in [1.165, 1.54) is 6.92 Å². The van der Waals surface area contributed by atoms with Crippen LogP contribution in [0.4, 0.5) is 5.69 Å². The molecule has 1 aliphatic heterocycles. The second-order valence-electron chi connectivity index (χ2n) is 4.58. The van der Waals surface area contributed by atoms with E-state index in [1.807, 2.05) is 30.2 Å². The molecule has 2 rings (SSSR count). The zero-order valence-electron chi connectivity index (χ0n) is 11.6. The number of methoxy groups -OCH3 is 1. The van der Waals surface area contributed by atoms with Gasteiger partial charge in [-0.2, -0.15) is 0 Å². The molecule has 0 aliphatic carbocycles. The molecule has 5 nitrogen and oxygen atoms in total. The smallest absolute Gasteiger partial charge is 0.217 e. The maximum atomic E-state index is 11.2. The van der Waals surface area contributed by atoms with E-state index in [9.17, 15) is 4.79 Å². The summed E-state index contributed by atoms with van der Waals surface area (Å²) in [5.41, 5.74) is 2.17. The highest BCUT2D eigenvalue weighted by Gasteiger charge is 2.26. The second-order valence-corrected chi connectivity index (χ2v) is 4.58. The number of fused-ring (bicyclic) bond motifs is 1. The molecule has 19 heavy (non-hydrogen) atoms. The van der Waals surface area contributed by atoms with E-state index in [0.29, 0.717) is 13.2 Å². The average Bonchev–Trinajstić information content (AvgIpc) is 2.38. The van der Waals surface area contributed by atoms with Gasteiger partial charge in [-0.1, -0.05) is 6.07 Å². The van der Waals surface area contributed by atoms with Gasteiger partial charge in [0.15, 0.2) is 0 Å². The summed E-state index contributed by atoms with van der Waals surface area (Å²) in [4.78, 5) is 16.8. The molecule has 0 spiro atoms. The van der Waals surface area contributed by atoms with Crippen LogP contribution in [-0.4, -0.2) is 32.2 Å². The molecule has 0 unspecified atom stereocenters. The van der Waals surface area contributed by atoms with E-state index in [0.717, 1.165) is 23.4 Å². The van der Waals surface area contributed by atoms with Gasteiger partial charge in [0.1, 0.15) is 5.75 Å². The maximum Gasteiger partial charge on any atom is 0.217 e. The van der Waals surface area contributed by atoms with Crippen LogP contribution in [0.5, 0.6) is 5.75 Å². The summed E-state index contributed by atoms with van der Waals surface area (Å²) in [6, 6.07) is 5.99. The third-order valence-electron chi connectivity index (χ3n) is 3.11. The zero-order valence-corrected chi connectivity index (χ0v) is 11.6. The Morgan fingerprint density at radius 1 is 1.53 bits per heavy atom. The van der Waals surface area contributed by atoms with Crippen LogP contribution in [0.2, 0.25) is 0 Å². The molecule has 1 aliphatic rings. The predicted octanol–water partition coefficient (Wildman–Crippen LogP) is 1.51. The Morgan fingerprint density at radius 3 is 2.95 bits per heavy atom. The van der Waals surface area contributed by atoms with Gasteiger partial charge >= 0.3 is 0 Å². The van der Waals surface area contributed by atoms with Crippen LogP contribution in [0, 0.1) is 0 Å². The third kappa shape index (κ3) is 3.17. The lowest BCUT2D eigenvalue weighted by Gasteiger charge is -2.35. The maximum absolute atomic E-state index is 11.2. The minimum atomic E-state index is -0.0154. The highest BCUT2D eigenvalue weighted by atomic mass is 16.7. The Balaban J connectivity index is 2.26. The number of hydrogen-bond acceptors (Lipinski definition) is 4. The van der Waals surface area contributed by atoms with E-state index in [2.05, 4.69) is 5.32 Å². The number of nitrogens with one attached hydrogen (secondary N) is 1. The summed E-state index contributed by atoms with van der Waals surface area (Å²) < 4.78 is 5.25. The van der Waals surface area contributed by atoms with Crippen LogP contribution >= 0.6 is 0 Å². The third-order valence-corrected chi connectivity index (χ3v) is 3.11. The fourth-order valence-corrected chi connectivity index (χ4v) is 2.37. The van der Waals surface area contributed by atoms with Gasteiger partial charge in [-0.3, -0.25) is 14.7 Å². The van der Waals surface area contributed by atoms with E-state index in [1.54, 1.807) is 7.11 Å². The van der Waals surface area contributed by atoms with E-state index in [4.69, 9.17) is 9.57 Å². The van der Waals surface area contributed by atoms with E-state index < -0.39 is 0 Å². The number of carbonyl (C=O) groups is 1. The van der Waals surface area contributed by atoms with Gasteiger partial charge in [0.25, 0.3) is 0 Å². The number of benzene rings is 1. The summed E-state index contributed by atoms with van der Waals surface area (Å²) in [5, 5.41) is 4.78. The molecule has 0 saturated heterocycles. The number of hydroxylamine groups is 1. The Morgan fingerprint density at radius 2 is 2.32 bits per heavy atom. The van der Waals surface area contributed by atoms with Crippen molar-refractivity contribution in [2.24, 2.45) is 0 Å². The molecule has 1 aromatic carbocycles. The molecule has 1 amide bonds. The first kappa shape index (κ1) is 13.7. The number of nitrogens with zero attached hydrogens (tertiary/aromatic N) is 1. The lowest BCUT2D eigenvalue weighted by Crippen LogP contribution is -2.47. The summed E-state index contributed by atoms with van der Waals surface area (Å²) >= 11 is 0. The summed E-state index contributed by atoms with van der Waals surface area (Å²) in [5.74, 6) is 0.792. The molecule has 1 aromatic rings. The molecule has 0 radical (unpaired) electrons. The SMILES string of the molecule is CCON1C[C@@H](NC(C)=O)Cc2ccc(OC)cc21. The van der Waals surface area contributed by atoms with Gasteiger partial charge in [-0.05, 0) is 25.0 Å². The fourth-order valence-electron chi connectivity index (χ4n) is 2.37. The van der Waals surface area contributed by atoms with Gasteiger partial charge in [-0.15, -0.1) is 0 Å². The number of ether oxygens (including phenoxy) is 1. The van der Waals surface area contributed by atoms with Crippen molar-refractivity contribution in [2.45, 2.75) is 26.3 Å². The molecule has 0 fully saturated rings. The predicted molar refractivity (Wildman–Crippen MR) is 73.3 cm³/mol. The zero-order chi connectivity index (χ0) is 13.8. The van der Waals surface area contributed by atoms with E-state index >= 15 is 0 Å². The lowest BCUT2D eigenvalue weighted by atomic mass is 9.99. The number of anilines is 1. The number of amides is 1. The number of hydrogen-bond donors (Lipinski definition) is 1. The first-order valence-electron chi connectivity index (χ1n) is 6.48. The number of carbonyl (C=O) groups excluding carboxylic acids is 1. The molecule has 0 saturated carbocycles. The van der Waals surface area contributed by atoms with Crippen LogP contribution in [0.1, 0.15) is 19.4 Å². The average molecular weight is 264 g/mol. The fraction of sp³-hybridized carbons (Fsp3) is 0.500. The van der Waals surface area contributed by atoms with Gasteiger partial charge < -0.3 is 10.1 Å². The Hall–Kier alpha value is -1.75. The van der Waals surface area contributed by atoms with Crippen molar-refractivity contribution in [1.82, 2.24) is 5.32 Å². The van der Waals surface area contributed by atoms with Crippen LogP contribution in [-0.2, 0) is 16.1 Å². The molecule has 1 heterocycles. The lowest BCUT2D eigenvalue weighted by molar-refractivity contribution is -0.119. The van der Waals surface area contributed by atoms with Crippen molar-refractivity contribution >= 4 is 11.6 Å². The van der Waals surface area contributed by atoms with Crippen LogP contribution in [0.25, 0.3) is 0 Å². The standard InChI is InChI=1S/C14H20N2O3/c1-4-19-16-9-12(15-10(2)17)7-11-5-6-13(18-3)8-14(11)16/h5-6,8,12H,4,7,9H2,1-3H3,(H,15,17)/t12-/m0/s1. The van der Waals surface area contributed by atoms with Gasteiger partial charge in [-0.25, -0.2) is 0 Å². The van der Waals surface area contributed by atoms with Crippen LogP contribution < -0.4 is 15.1 Å². The van der Waals surface area contributed by atoms with Gasteiger partial charge in [0, 0.05) is 13.0 Å². The molecule has 0 bridgehead atoms. The first-order valence-corrected chi connectivity index (χ1v) is 6.48. The molecule has 1 atom stereocenters. The summed E-state index contributed by atoms with van der Waals surface area (Å²) in [6.45, 7) is 4.72. The minimum Gasteiger partial charge on any atom is -0.497 e. The molecular weight excluding hydrogens is 244 g/mol.